The highest BCUT2D eigenvalue weighted by atomic mass is 19.1. The van der Waals surface area contributed by atoms with Gasteiger partial charge in [0.2, 0.25) is 0 Å². The van der Waals surface area contributed by atoms with Gasteiger partial charge >= 0.3 is 0 Å². The van der Waals surface area contributed by atoms with Crippen LogP contribution in [0.3, 0.4) is 0 Å². The van der Waals surface area contributed by atoms with E-state index in [0.29, 0.717) is 5.92 Å². The lowest BCUT2D eigenvalue weighted by atomic mass is 9.84. The molecular weight excluding hydrogens is 213 g/mol. The first-order chi connectivity index (χ1) is 8.20. The number of rotatable bonds is 4. The quantitative estimate of drug-likeness (QED) is 0.850. The number of hydrogen-bond donors (Lipinski definition) is 1. The minimum atomic E-state index is -0.132. The van der Waals surface area contributed by atoms with Crippen LogP contribution < -0.4 is 5.73 Å². The molecule has 1 aliphatic carbocycles. The molecule has 1 aromatic carbocycles. The molecule has 0 aliphatic heterocycles. The summed E-state index contributed by atoms with van der Waals surface area (Å²) in [7, 11) is 0. The van der Waals surface area contributed by atoms with Crippen LogP contribution in [-0.2, 0) is 6.42 Å². The van der Waals surface area contributed by atoms with Gasteiger partial charge in [0.1, 0.15) is 5.82 Å². The van der Waals surface area contributed by atoms with Gasteiger partial charge in [0.25, 0.3) is 0 Å². The Morgan fingerprint density at radius 2 is 2.06 bits per heavy atom. The predicted octanol–water partition coefficient (Wildman–Crippen LogP) is 3.44. The van der Waals surface area contributed by atoms with Crippen LogP contribution in [0.5, 0.6) is 0 Å². The van der Waals surface area contributed by atoms with Gasteiger partial charge in [0.15, 0.2) is 0 Å². The summed E-state index contributed by atoms with van der Waals surface area (Å²) in [4.78, 5) is 0. The first-order valence-corrected chi connectivity index (χ1v) is 6.66. The smallest absolute Gasteiger partial charge is 0.123 e. The van der Waals surface area contributed by atoms with Crippen molar-refractivity contribution in [1.29, 1.82) is 0 Å². The molecule has 2 heteroatoms. The highest BCUT2D eigenvalue weighted by molar-refractivity contribution is 5.27. The Kier molecular flexibility index (Phi) is 4.16. The third kappa shape index (κ3) is 3.06. The second-order valence-electron chi connectivity index (χ2n) is 5.32. The maximum Gasteiger partial charge on any atom is 0.123 e. The lowest BCUT2D eigenvalue weighted by Crippen LogP contribution is -2.24. The van der Waals surface area contributed by atoms with Crippen LogP contribution in [0.4, 0.5) is 4.39 Å². The topological polar surface area (TPSA) is 26.0 Å². The normalized spacial score (nSPS) is 18.5. The highest BCUT2D eigenvalue weighted by Crippen LogP contribution is 2.33. The summed E-state index contributed by atoms with van der Waals surface area (Å²) in [6.45, 7) is 2.78. The van der Waals surface area contributed by atoms with Crippen molar-refractivity contribution >= 4 is 0 Å². The molecule has 2 rings (SSSR count). The molecule has 17 heavy (non-hydrogen) atoms. The van der Waals surface area contributed by atoms with Crippen LogP contribution >= 0.6 is 0 Å². The van der Waals surface area contributed by atoms with E-state index in [2.05, 4.69) is 6.92 Å². The minimum absolute atomic E-state index is 0.132. The third-order valence-corrected chi connectivity index (χ3v) is 4.16. The van der Waals surface area contributed by atoms with Crippen molar-refractivity contribution in [3.05, 3.63) is 35.1 Å². The van der Waals surface area contributed by atoms with Crippen LogP contribution in [0.1, 0.15) is 36.8 Å². The Bertz CT molecular complexity index is 369. The first kappa shape index (κ1) is 12.6. The molecule has 1 aliphatic rings. The zero-order valence-corrected chi connectivity index (χ0v) is 10.6. The van der Waals surface area contributed by atoms with E-state index in [0.717, 1.165) is 24.4 Å². The number of halogens is 1. The van der Waals surface area contributed by atoms with Crippen molar-refractivity contribution in [3.8, 4) is 0 Å². The molecule has 0 aromatic heterocycles. The van der Waals surface area contributed by atoms with E-state index >= 15 is 0 Å². The van der Waals surface area contributed by atoms with E-state index in [1.54, 1.807) is 6.07 Å². The second-order valence-corrected chi connectivity index (χ2v) is 5.32. The van der Waals surface area contributed by atoms with E-state index in [4.69, 9.17) is 5.73 Å². The first-order valence-electron chi connectivity index (χ1n) is 6.66. The number of nitrogens with two attached hydrogens (primary N) is 1. The molecule has 0 spiro atoms. The van der Waals surface area contributed by atoms with Crippen LogP contribution in [0, 0.1) is 24.6 Å². The van der Waals surface area contributed by atoms with E-state index < -0.39 is 0 Å². The summed E-state index contributed by atoms with van der Waals surface area (Å²) in [5.41, 5.74) is 8.21. The van der Waals surface area contributed by atoms with E-state index in [1.165, 1.54) is 37.3 Å². The Hall–Kier alpha value is -0.890. The van der Waals surface area contributed by atoms with E-state index in [9.17, 15) is 4.39 Å². The van der Waals surface area contributed by atoms with Gasteiger partial charge in [-0.1, -0.05) is 31.7 Å². The summed E-state index contributed by atoms with van der Waals surface area (Å²) in [6, 6.07) is 5.08. The van der Waals surface area contributed by atoms with Gasteiger partial charge in [-0.2, -0.15) is 0 Å². The zero-order valence-electron chi connectivity index (χ0n) is 10.6. The van der Waals surface area contributed by atoms with Crippen molar-refractivity contribution in [1.82, 2.24) is 0 Å². The molecule has 1 unspecified atom stereocenters. The molecule has 1 fully saturated rings. The molecule has 1 saturated carbocycles. The number of hydrogen-bond acceptors (Lipinski definition) is 1. The van der Waals surface area contributed by atoms with Gasteiger partial charge in [-0.05, 0) is 55.0 Å². The van der Waals surface area contributed by atoms with Crippen LogP contribution in [-0.4, -0.2) is 6.54 Å². The highest BCUT2D eigenvalue weighted by Gasteiger charge is 2.24. The summed E-state index contributed by atoms with van der Waals surface area (Å²) < 4.78 is 13.2. The standard InChI is InChI=1S/C15H22FN/c1-11-6-7-15(16)9-13(11)8-14(10-17)12-4-2-3-5-12/h6-7,9,12,14H,2-5,8,10,17H2,1H3. The molecule has 94 valence electrons. The van der Waals surface area contributed by atoms with Gasteiger partial charge in [0, 0.05) is 0 Å². The molecule has 1 aromatic rings. The summed E-state index contributed by atoms with van der Waals surface area (Å²) in [6.07, 6.45) is 6.21. The number of aryl methyl sites for hydroxylation is 1. The van der Waals surface area contributed by atoms with Crippen LogP contribution in [0.15, 0.2) is 18.2 Å². The Morgan fingerprint density at radius 1 is 1.35 bits per heavy atom. The zero-order chi connectivity index (χ0) is 12.3. The SMILES string of the molecule is Cc1ccc(F)cc1CC(CN)C1CCCC1. The van der Waals surface area contributed by atoms with Gasteiger partial charge in [-0.15, -0.1) is 0 Å². The number of benzene rings is 1. The summed E-state index contributed by atoms with van der Waals surface area (Å²) in [5.74, 6) is 1.15. The second kappa shape index (κ2) is 5.63. The average Bonchev–Trinajstić information content (AvgIpc) is 2.84. The van der Waals surface area contributed by atoms with Crippen molar-refractivity contribution < 1.29 is 4.39 Å². The summed E-state index contributed by atoms with van der Waals surface area (Å²) in [5, 5.41) is 0. The van der Waals surface area contributed by atoms with Crippen molar-refractivity contribution in [2.75, 3.05) is 6.54 Å². The maximum atomic E-state index is 13.2. The molecule has 0 radical (unpaired) electrons. The minimum Gasteiger partial charge on any atom is -0.330 e. The molecular formula is C15H22FN. The monoisotopic (exact) mass is 235 g/mol. The van der Waals surface area contributed by atoms with Crippen molar-refractivity contribution in [2.45, 2.75) is 39.0 Å². The fourth-order valence-electron chi connectivity index (χ4n) is 3.01. The average molecular weight is 235 g/mol. The van der Waals surface area contributed by atoms with Gasteiger partial charge in [-0.25, -0.2) is 4.39 Å². The third-order valence-electron chi connectivity index (χ3n) is 4.16. The Morgan fingerprint density at radius 3 is 2.71 bits per heavy atom. The van der Waals surface area contributed by atoms with Crippen molar-refractivity contribution in [3.63, 3.8) is 0 Å². The molecule has 0 bridgehead atoms. The Balaban J connectivity index is 2.09. The van der Waals surface area contributed by atoms with Gasteiger partial charge < -0.3 is 5.73 Å². The van der Waals surface area contributed by atoms with Crippen LogP contribution in [0.2, 0.25) is 0 Å². The predicted molar refractivity (Wildman–Crippen MR) is 69.3 cm³/mol. The fourth-order valence-corrected chi connectivity index (χ4v) is 3.01. The molecule has 0 heterocycles. The fraction of sp³-hybridized carbons (Fsp3) is 0.600. The van der Waals surface area contributed by atoms with E-state index in [1.807, 2.05) is 6.07 Å². The van der Waals surface area contributed by atoms with Crippen LogP contribution in [0.25, 0.3) is 0 Å². The maximum absolute atomic E-state index is 13.2. The van der Waals surface area contributed by atoms with Gasteiger partial charge in [-0.3, -0.25) is 0 Å². The Labute approximate surface area is 103 Å². The van der Waals surface area contributed by atoms with Crippen molar-refractivity contribution in [2.24, 2.45) is 17.6 Å². The molecule has 1 atom stereocenters. The van der Waals surface area contributed by atoms with E-state index in [-0.39, 0.29) is 5.82 Å². The molecule has 0 amide bonds. The lowest BCUT2D eigenvalue weighted by molar-refractivity contribution is 0.344. The largest absolute Gasteiger partial charge is 0.330 e. The molecule has 1 nitrogen and oxygen atoms in total. The molecule has 2 N–H and O–H groups in total. The summed E-state index contributed by atoms with van der Waals surface area (Å²) >= 11 is 0. The lowest BCUT2D eigenvalue weighted by Gasteiger charge is -2.22. The molecule has 0 saturated heterocycles. The van der Waals surface area contributed by atoms with Gasteiger partial charge in [0.05, 0.1) is 0 Å².